The van der Waals surface area contributed by atoms with Gasteiger partial charge >= 0.3 is 0 Å². The van der Waals surface area contributed by atoms with Gasteiger partial charge in [0.2, 0.25) is 0 Å². The topological polar surface area (TPSA) is 69.2 Å². The van der Waals surface area contributed by atoms with Crippen LogP contribution in [0.3, 0.4) is 0 Å². The van der Waals surface area contributed by atoms with E-state index in [0.717, 1.165) is 16.7 Å². The molecule has 0 aromatic heterocycles. The molecule has 0 fully saturated rings. The maximum Gasteiger partial charge on any atom is 0.269 e. The summed E-state index contributed by atoms with van der Waals surface area (Å²) >= 11 is 0. The van der Waals surface area contributed by atoms with Crippen molar-refractivity contribution in [3.8, 4) is 0 Å². The third-order valence-corrected chi connectivity index (χ3v) is 4.10. The molecule has 0 bridgehead atoms. The van der Waals surface area contributed by atoms with Crippen LogP contribution >= 0.6 is 0 Å². The number of nitrogens with two attached hydrogens (primary N) is 1. The normalized spacial score (nSPS) is 13.0. The highest BCUT2D eigenvalue weighted by Crippen LogP contribution is 2.37. The number of nitro benzene ring substituents is 1. The SMILES string of the molecule is Cc1ccc([N+](=O)[O-])cc1C(N)C(C)(C)c1ccccc1. The van der Waals surface area contributed by atoms with Crippen molar-refractivity contribution >= 4 is 5.69 Å². The molecule has 2 aromatic carbocycles. The third kappa shape index (κ3) is 2.95. The zero-order valence-corrected chi connectivity index (χ0v) is 12.5. The Balaban J connectivity index is 2.46. The van der Waals surface area contributed by atoms with E-state index in [1.807, 2.05) is 37.3 Å². The molecule has 0 aliphatic rings. The number of non-ortho nitro benzene ring substituents is 1. The first-order valence-electron chi connectivity index (χ1n) is 6.90. The molecule has 0 saturated heterocycles. The summed E-state index contributed by atoms with van der Waals surface area (Å²) in [7, 11) is 0. The van der Waals surface area contributed by atoms with Gasteiger partial charge in [-0.1, -0.05) is 50.2 Å². The third-order valence-electron chi connectivity index (χ3n) is 4.10. The number of nitrogens with zero attached hydrogens (tertiary/aromatic N) is 1. The number of hydrogen-bond acceptors (Lipinski definition) is 3. The average Bonchev–Trinajstić information content (AvgIpc) is 2.47. The Kier molecular flexibility index (Phi) is 4.09. The van der Waals surface area contributed by atoms with Gasteiger partial charge in [0.05, 0.1) is 4.92 Å². The number of hydrogen-bond donors (Lipinski definition) is 1. The van der Waals surface area contributed by atoms with Crippen molar-refractivity contribution in [2.75, 3.05) is 0 Å². The molecular weight excluding hydrogens is 264 g/mol. The van der Waals surface area contributed by atoms with Crippen LogP contribution in [0.5, 0.6) is 0 Å². The minimum Gasteiger partial charge on any atom is -0.323 e. The summed E-state index contributed by atoms with van der Waals surface area (Å²) in [5, 5.41) is 11.0. The highest BCUT2D eigenvalue weighted by atomic mass is 16.6. The Labute approximate surface area is 124 Å². The lowest BCUT2D eigenvalue weighted by molar-refractivity contribution is -0.385. The lowest BCUT2D eigenvalue weighted by Crippen LogP contribution is -2.33. The van der Waals surface area contributed by atoms with Crippen LogP contribution in [-0.4, -0.2) is 4.92 Å². The monoisotopic (exact) mass is 284 g/mol. The van der Waals surface area contributed by atoms with Gasteiger partial charge < -0.3 is 5.73 Å². The maximum absolute atomic E-state index is 11.0. The maximum atomic E-state index is 11.0. The Hall–Kier alpha value is -2.20. The molecule has 0 spiro atoms. The molecule has 0 aliphatic heterocycles. The number of rotatable bonds is 4. The second-order valence-electron chi connectivity index (χ2n) is 5.86. The van der Waals surface area contributed by atoms with E-state index in [2.05, 4.69) is 13.8 Å². The molecule has 4 heteroatoms. The van der Waals surface area contributed by atoms with Crippen LogP contribution in [-0.2, 0) is 5.41 Å². The largest absolute Gasteiger partial charge is 0.323 e. The van der Waals surface area contributed by atoms with E-state index in [9.17, 15) is 10.1 Å². The van der Waals surface area contributed by atoms with Crippen LogP contribution in [0, 0.1) is 17.0 Å². The summed E-state index contributed by atoms with van der Waals surface area (Å²) < 4.78 is 0. The van der Waals surface area contributed by atoms with Crippen molar-refractivity contribution < 1.29 is 4.92 Å². The van der Waals surface area contributed by atoms with Crippen molar-refractivity contribution in [1.29, 1.82) is 0 Å². The fourth-order valence-electron chi connectivity index (χ4n) is 2.51. The quantitative estimate of drug-likeness (QED) is 0.684. The van der Waals surface area contributed by atoms with E-state index < -0.39 is 0 Å². The molecule has 1 atom stereocenters. The van der Waals surface area contributed by atoms with Gasteiger partial charge in [-0.05, 0) is 23.6 Å². The molecule has 2 N–H and O–H groups in total. The van der Waals surface area contributed by atoms with E-state index in [4.69, 9.17) is 5.73 Å². The smallest absolute Gasteiger partial charge is 0.269 e. The first-order chi connectivity index (χ1) is 9.84. The molecule has 2 aromatic rings. The first kappa shape index (κ1) is 15.2. The summed E-state index contributed by atoms with van der Waals surface area (Å²) in [6.45, 7) is 6.05. The van der Waals surface area contributed by atoms with Gasteiger partial charge in [-0.25, -0.2) is 0 Å². The highest BCUT2D eigenvalue weighted by molar-refractivity contribution is 5.43. The molecule has 110 valence electrons. The van der Waals surface area contributed by atoms with Gasteiger partial charge in [-0.15, -0.1) is 0 Å². The average molecular weight is 284 g/mol. The van der Waals surface area contributed by atoms with Crippen LogP contribution in [0.1, 0.15) is 36.6 Å². The summed E-state index contributed by atoms with van der Waals surface area (Å²) in [5.41, 5.74) is 9.11. The molecule has 0 aliphatic carbocycles. The Morgan fingerprint density at radius 1 is 1.14 bits per heavy atom. The van der Waals surface area contributed by atoms with Crippen LogP contribution in [0.2, 0.25) is 0 Å². The van der Waals surface area contributed by atoms with Crippen LogP contribution < -0.4 is 5.73 Å². The van der Waals surface area contributed by atoms with Crippen LogP contribution in [0.15, 0.2) is 48.5 Å². The fourth-order valence-corrected chi connectivity index (χ4v) is 2.51. The molecule has 0 saturated carbocycles. The van der Waals surface area contributed by atoms with Crippen molar-refractivity contribution in [2.45, 2.75) is 32.2 Å². The van der Waals surface area contributed by atoms with Gasteiger partial charge in [0.1, 0.15) is 0 Å². The van der Waals surface area contributed by atoms with E-state index >= 15 is 0 Å². The Bertz CT molecular complexity index is 651. The second-order valence-corrected chi connectivity index (χ2v) is 5.86. The molecule has 0 radical (unpaired) electrons. The number of nitro groups is 1. The minimum absolute atomic E-state index is 0.0786. The van der Waals surface area contributed by atoms with E-state index in [0.29, 0.717) is 0 Å². The van der Waals surface area contributed by atoms with Crippen LogP contribution in [0.25, 0.3) is 0 Å². The first-order valence-corrected chi connectivity index (χ1v) is 6.90. The number of benzene rings is 2. The standard InChI is InChI=1S/C17H20N2O2/c1-12-9-10-14(19(20)21)11-15(12)16(18)17(2,3)13-7-5-4-6-8-13/h4-11,16H,18H2,1-3H3. The molecule has 0 heterocycles. The zero-order valence-electron chi connectivity index (χ0n) is 12.5. The molecule has 2 rings (SSSR count). The van der Waals surface area contributed by atoms with E-state index in [1.165, 1.54) is 6.07 Å². The molecule has 0 amide bonds. The van der Waals surface area contributed by atoms with Crippen molar-refractivity contribution in [2.24, 2.45) is 5.73 Å². The van der Waals surface area contributed by atoms with Crippen molar-refractivity contribution in [3.63, 3.8) is 0 Å². The summed E-state index contributed by atoms with van der Waals surface area (Å²) in [6, 6.07) is 14.5. The fraction of sp³-hybridized carbons (Fsp3) is 0.294. The minimum atomic E-state index is -0.384. The van der Waals surface area contributed by atoms with E-state index in [1.54, 1.807) is 12.1 Å². The van der Waals surface area contributed by atoms with Crippen LogP contribution in [0.4, 0.5) is 5.69 Å². The molecule has 21 heavy (non-hydrogen) atoms. The predicted molar refractivity (Wildman–Crippen MR) is 84.2 cm³/mol. The summed E-state index contributed by atoms with van der Waals surface area (Å²) in [6.07, 6.45) is 0. The molecule has 1 unspecified atom stereocenters. The lowest BCUT2D eigenvalue weighted by atomic mass is 9.74. The lowest BCUT2D eigenvalue weighted by Gasteiger charge is -2.33. The Morgan fingerprint density at radius 2 is 1.76 bits per heavy atom. The summed E-state index contributed by atoms with van der Waals surface area (Å²) in [4.78, 5) is 10.6. The van der Waals surface area contributed by atoms with Gasteiger partial charge in [0.15, 0.2) is 0 Å². The van der Waals surface area contributed by atoms with Crippen molar-refractivity contribution in [1.82, 2.24) is 0 Å². The molecule has 4 nitrogen and oxygen atoms in total. The van der Waals surface area contributed by atoms with Gasteiger partial charge in [-0.2, -0.15) is 0 Å². The van der Waals surface area contributed by atoms with E-state index in [-0.39, 0.29) is 22.1 Å². The predicted octanol–water partition coefficient (Wildman–Crippen LogP) is 3.88. The molecular formula is C17H20N2O2. The number of aryl methyl sites for hydroxylation is 1. The second kappa shape index (κ2) is 5.66. The van der Waals surface area contributed by atoms with Gasteiger partial charge in [0.25, 0.3) is 5.69 Å². The summed E-state index contributed by atoms with van der Waals surface area (Å²) in [5.74, 6) is 0. The van der Waals surface area contributed by atoms with Gasteiger partial charge in [-0.3, -0.25) is 10.1 Å². The zero-order chi connectivity index (χ0) is 15.6. The van der Waals surface area contributed by atoms with Crippen molar-refractivity contribution in [3.05, 3.63) is 75.3 Å². The Morgan fingerprint density at radius 3 is 2.33 bits per heavy atom. The highest BCUT2D eigenvalue weighted by Gasteiger charge is 2.31. The van der Waals surface area contributed by atoms with Gasteiger partial charge in [0, 0.05) is 23.6 Å².